The lowest BCUT2D eigenvalue weighted by molar-refractivity contribution is 0.0746. The third kappa shape index (κ3) is 3.68. The van der Waals surface area contributed by atoms with Crippen molar-refractivity contribution in [3.05, 3.63) is 48.3 Å². The predicted octanol–water partition coefficient (Wildman–Crippen LogP) is 1.01. The minimum atomic E-state index is 0.0139. The molecule has 0 radical (unpaired) electrons. The van der Waals surface area contributed by atoms with Gasteiger partial charge in [0.2, 0.25) is 0 Å². The molecular weight excluding hydrogens is 382 g/mol. The lowest BCUT2D eigenvalue weighted by Crippen LogP contribution is -2.49. The van der Waals surface area contributed by atoms with E-state index in [1.54, 1.807) is 4.68 Å². The summed E-state index contributed by atoms with van der Waals surface area (Å²) in [5, 5.41) is 20.0. The van der Waals surface area contributed by atoms with Gasteiger partial charge in [-0.15, -0.1) is 15.3 Å². The molecule has 0 aliphatic carbocycles. The van der Waals surface area contributed by atoms with E-state index in [0.717, 1.165) is 43.5 Å². The lowest BCUT2D eigenvalue weighted by Gasteiger charge is -2.35. The zero-order valence-electron chi connectivity index (χ0n) is 16.6. The maximum absolute atomic E-state index is 13.0. The largest absolute Gasteiger partial charge is 0.355 e. The molecule has 0 spiro atoms. The molecule has 5 rings (SSSR count). The van der Waals surface area contributed by atoms with Crippen molar-refractivity contribution in [1.82, 2.24) is 35.3 Å². The van der Waals surface area contributed by atoms with E-state index in [1.165, 1.54) is 19.2 Å². The van der Waals surface area contributed by atoms with E-state index in [2.05, 4.69) is 41.6 Å². The van der Waals surface area contributed by atoms with Gasteiger partial charge in [-0.2, -0.15) is 0 Å². The number of amides is 1. The molecule has 0 atom stereocenters. The number of hydrogen-bond donors (Lipinski definition) is 0. The summed E-state index contributed by atoms with van der Waals surface area (Å²) in [4.78, 5) is 19.3. The van der Waals surface area contributed by atoms with Crippen LogP contribution in [0.15, 0.2) is 42.7 Å². The fourth-order valence-electron chi connectivity index (χ4n) is 3.98. The minimum absolute atomic E-state index is 0.0139. The Morgan fingerprint density at radius 1 is 0.833 bits per heavy atom. The summed E-state index contributed by atoms with van der Waals surface area (Å²) < 4.78 is 1.54. The topological polar surface area (TPSA) is 96.2 Å². The van der Waals surface area contributed by atoms with Gasteiger partial charge in [-0.1, -0.05) is 6.07 Å². The number of anilines is 2. The van der Waals surface area contributed by atoms with Crippen LogP contribution in [0.1, 0.15) is 23.2 Å². The zero-order valence-corrected chi connectivity index (χ0v) is 16.6. The van der Waals surface area contributed by atoms with Crippen molar-refractivity contribution in [1.29, 1.82) is 0 Å². The van der Waals surface area contributed by atoms with Crippen LogP contribution in [0.4, 0.5) is 11.6 Å². The van der Waals surface area contributed by atoms with Crippen LogP contribution >= 0.6 is 0 Å². The van der Waals surface area contributed by atoms with Crippen molar-refractivity contribution in [3.8, 4) is 5.69 Å². The summed E-state index contributed by atoms with van der Waals surface area (Å²) in [5.41, 5.74) is 1.39. The Labute approximate surface area is 174 Å². The standard InChI is InChI=1S/C20H23N9O/c30-20(16-4-3-5-17(14-16)29-15-21-24-25-29)28-12-10-27(11-13-28)19-7-6-18(22-23-19)26-8-1-2-9-26/h3-7,14-15H,1-2,8-13H2. The van der Waals surface area contributed by atoms with Crippen molar-refractivity contribution < 1.29 is 4.79 Å². The highest BCUT2D eigenvalue weighted by molar-refractivity contribution is 5.95. The third-order valence-corrected chi connectivity index (χ3v) is 5.66. The van der Waals surface area contributed by atoms with Crippen LogP contribution < -0.4 is 9.80 Å². The molecule has 0 N–H and O–H groups in total. The van der Waals surface area contributed by atoms with Crippen LogP contribution in [0.2, 0.25) is 0 Å². The molecule has 3 aromatic rings. The second kappa shape index (κ2) is 8.05. The summed E-state index contributed by atoms with van der Waals surface area (Å²) in [6.07, 6.45) is 3.95. The Hall–Kier alpha value is -3.56. The molecule has 1 aromatic carbocycles. The highest BCUT2D eigenvalue weighted by Gasteiger charge is 2.24. The van der Waals surface area contributed by atoms with Crippen LogP contribution in [0.5, 0.6) is 0 Å². The van der Waals surface area contributed by atoms with Gasteiger partial charge in [0, 0.05) is 44.8 Å². The molecular formula is C20H23N9O. The third-order valence-electron chi connectivity index (χ3n) is 5.66. The molecule has 2 aromatic heterocycles. The van der Waals surface area contributed by atoms with Crippen LogP contribution in [0.25, 0.3) is 5.69 Å². The number of carbonyl (C=O) groups is 1. The highest BCUT2D eigenvalue weighted by Crippen LogP contribution is 2.20. The van der Waals surface area contributed by atoms with Crippen molar-refractivity contribution >= 4 is 17.5 Å². The van der Waals surface area contributed by atoms with E-state index in [-0.39, 0.29) is 5.91 Å². The highest BCUT2D eigenvalue weighted by atomic mass is 16.2. The Morgan fingerprint density at radius 2 is 1.53 bits per heavy atom. The second-order valence-electron chi connectivity index (χ2n) is 7.53. The number of hydrogen-bond acceptors (Lipinski definition) is 8. The first-order valence-electron chi connectivity index (χ1n) is 10.2. The van der Waals surface area contributed by atoms with Crippen molar-refractivity contribution in [2.24, 2.45) is 0 Å². The van der Waals surface area contributed by atoms with Gasteiger partial charge in [0.15, 0.2) is 11.6 Å². The molecule has 0 bridgehead atoms. The van der Waals surface area contributed by atoms with E-state index in [4.69, 9.17) is 0 Å². The Morgan fingerprint density at radius 3 is 2.17 bits per heavy atom. The Bertz CT molecular complexity index is 991. The summed E-state index contributed by atoms with van der Waals surface area (Å²) in [7, 11) is 0. The number of piperazine rings is 1. The number of benzene rings is 1. The zero-order chi connectivity index (χ0) is 20.3. The predicted molar refractivity (Wildman–Crippen MR) is 111 cm³/mol. The molecule has 2 aliphatic heterocycles. The number of aromatic nitrogens is 6. The van der Waals surface area contributed by atoms with E-state index in [0.29, 0.717) is 18.7 Å². The average molecular weight is 405 g/mol. The van der Waals surface area contributed by atoms with Crippen LogP contribution in [-0.2, 0) is 0 Å². The van der Waals surface area contributed by atoms with E-state index in [9.17, 15) is 4.79 Å². The molecule has 0 saturated carbocycles. The van der Waals surface area contributed by atoms with Crippen molar-refractivity contribution in [2.45, 2.75) is 12.8 Å². The average Bonchev–Trinajstić information content (AvgIpc) is 3.54. The maximum atomic E-state index is 13.0. The number of rotatable bonds is 4. The van der Waals surface area contributed by atoms with E-state index in [1.807, 2.05) is 35.2 Å². The van der Waals surface area contributed by atoms with Gasteiger partial charge in [0.25, 0.3) is 5.91 Å². The summed E-state index contributed by atoms with van der Waals surface area (Å²) >= 11 is 0. The number of nitrogens with zero attached hydrogens (tertiary/aromatic N) is 9. The lowest BCUT2D eigenvalue weighted by atomic mass is 10.1. The quantitative estimate of drug-likeness (QED) is 0.635. The first-order chi connectivity index (χ1) is 14.8. The Kier molecular flexibility index (Phi) is 4.96. The van der Waals surface area contributed by atoms with E-state index >= 15 is 0 Å². The molecule has 2 aliphatic rings. The fourth-order valence-corrected chi connectivity index (χ4v) is 3.98. The number of carbonyl (C=O) groups excluding carboxylic acids is 1. The number of tetrazole rings is 1. The van der Waals surface area contributed by atoms with Crippen LogP contribution in [-0.4, -0.2) is 80.5 Å². The Balaban J connectivity index is 1.21. The van der Waals surface area contributed by atoms with Crippen molar-refractivity contribution in [2.75, 3.05) is 49.1 Å². The van der Waals surface area contributed by atoms with Crippen LogP contribution in [0, 0.1) is 0 Å². The smallest absolute Gasteiger partial charge is 0.254 e. The van der Waals surface area contributed by atoms with Gasteiger partial charge in [0.05, 0.1) is 5.69 Å². The first kappa shape index (κ1) is 18.5. The van der Waals surface area contributed by atoms with Gasteiger partial charge in [0.1, 0.15) is 6.33 Å². The molecule has 154 valence electrons. The minimum Gasteiger partial charge on any atom is -0.355 e. The molecule has 1 amide bonds. The monoisotopic (exact) mass is 405 g/mol. The van der Waals surface area contributed by atoms with Crippen molar-refractivity contribution in [3.63, 3.8) is 0 Å². The van der Waals surface area contributed by atoms with Gasteiger partial charge in [-0.25, -0.2) is 4.68 Å². The van der Waals surface area contributed by atoms with E-state index < -0.39 is 0 Å². The molecule has 30 heavy (non-hydrogen) atoms. The van der Waals surface area contributed by atoms with Crippen LogP contribution in [0.3, 0.4) is 0 Å². The van der Waals surface area contributed by atoms with Gasteiger partial charge >= 0.3 is 0 Å². The maximum Gasteiger partial charge on any atom is 0.254 e. The van der Waals surface area contributed by atoms with Gasteiger partial charge < -0.3 is 14.7 Å². The normalized spacial score (nSPS) is 16.9. The molecule has 10 nitrogen and oxygen atoms in total. The summed E-state index contributed by atoms with van der Waals surface area (Å²) in [6, 6.07) is 11.4. The summed E-state index contributed by atoms with van der Waals surface area (Å²) in [5.74, 6) is 1.83. The molecule has 10 heteroatoms. The second-order valence-corrected chi connectivity index (χ2v) is 7.53. The molecule has 2 fully saturated rings. The molecule has 4 heterocycles. The van der Waals surface area contributed by atoms with Gasteiger partial charge in [-0.05, 0) is 53.6 Å². The molecule has 0 unspecified atom stereocenters. The SMILES string of the molecule is O=C(c1cccc(-n2cnnn2)c1)N1CCN(c2ccc(N3CCCC3)nn2)CC1. The van der Waals surface area contributed by atoms with Gasteiger partial charge in [-0.3, -0.25) is 4.79 Å². The first-order valence-corrected chi connectivity index (χ1v) is 10.2. The fraction of sp³-hybridized carbons (Fsp3) is 0.400. The molecule has 2 saturated heterocycles. The summed E-state index contributed by atoms with van der Waals surface area (Å²) in [6.45, 7) is 4.87.